The Labute approximate surface area is 124 Å². The van der Waals surface area contributed by atoms with E-state index in [0.717, 1.165) is 23.3 Å². The maximum absolute atomic E-state index is 11.8. The number of nitrogens with one attached hydrogen (secondary N) is 1. The van der Waals surface area contributed by atoms with Gasteiger partial charge in [0.15, 0.2) is 6.04 Å². The van der Waals surface area contributed by atoms with Gasteiger partial charge >= 0.3 is 0 Å². The van der Waals surface area contributed by atoms with Crippen molar-refractivity contribution in [2.75, 3.05) is 6.61 Å². The minimum Gasteiger partial charge on any atom is -0.488 e. The number of quaternary nitrogens is 1. The molecule has 4 N–H and O–H groups in total. The Hall–Kier alpha value is -2.14. The van der Waals surface area contributed by atoms with Crippen molar-refractivity contribution < 1.29 is 15.3 Å². The van der Waals surface area contributed by atoms with Crippen LogP contribution in [0.2, 0.25) is 0 Å². The topological polar surface area (TPSA) is 78.3 Å². The molecule has 0 fully saturated rings. The van der Waals surface area contributed by atoms with Crippen LogP contribution in [0, 0.1) is 5.92 Å². The first kappa shape index (κ1) is 15.3. The Morgan fingerprint density at radius 3 is 3.05 bits per heavy atom. The van der Waals surface area contributed by atoms with Gasteiger partial charge < -0.3 is 10.5 Å². The molecule has 1 heterocycles. The third-order valence-corrected chi connectivity index (χ3v) is 3.73. The van der Waals surface area contributed by atoms with E-state index in [1.807, 2.05) is 44.2 Å². The molecular formula is C16H22N3O2+. The number of fused-ring (bicyclic) bond motifs is 1. The van der Waals surface area contributed by atoms with Crippen molar-refractivity contribution in [1.82, 2.24) is 5.43 Å². The summed E-state index contributed by atoms with van der Waals surface area (Å²) in [6, 6.07) is 7.52. The SMILES string of the molecule is CC[C@@H](C)[C@@H]([NH3+])C(=O)N/N=C\C1=Cc2ccccc2OC1. The van der Waals surface area contributed by atoms with Crippen molar-refractivity contribution in [3.05, 3.63) is 35.4 Å². The fourth-order valence-corrected chi connectivity index (χ4v) is 2.01. The maximum atomic E-state index is 11.8. The van der Waals surface area contributed by atoms with E-state index in [1.165, 1.54) is 0 Å². The van der Waals surface area contributed by atoms with Crippen LogP contribution in [0.1, 0.15) is 25.8 Å². The molecule has 0 saturated heterocycles. The number of benzene rings is 1. The van der Waals surface area contributed by atoms with Gasteiger partial charge in [-0.15, -0.1) is 0 Å². The second-order valence-corrected chi connectivity index (χ2v) is 5.27. The normalized spacial score (nSPS) is 16.6. The molecule has 1 aliphatic heterocycles. The fraction of sp³-hybridized carbons (Fsp3) is 0.375. The summed E-state index contributed by atoms with van der Waals surface area (Å²) >= 11 is 0. The lowest BCUT2D eigenvalue weighted by Crippen LogP contribution is -2.69. The molecule has 0 radical (unpaired) electrons. The Morgan fingerprint density at radius 2 is 2.29 bits per heavy atom. The minimum atomic E-state index is -0.288. The van der Waals surface area contributed by atoms with Crippen molar-refractivity contribution in [2.24, 2.45) is 11.0 Å². The van der Waals surface area contributed by atoms with Gasteiger partial charge in [0.1, 0.15) is 12.4 Å². The lowest BCUT2D eigenvalue weighted by Gasteiger charge is -2.15. The molecule has 2 atom stereocenters. The fourth-order valence-electron chi connectivity index (χ4n) is 2.01. The van der Waals surface area contributed by atoms with E-state index in [-0.39, 0.29) is 17.9 Å². The summed E-state index contributed by atoms with van der Waals surface area (Å²) in [5.74, 6) is 0.955. The molecule has 0 aliphatic carbocycles. The monoisotopic (exact) mass is 288 g/mol. The van der Waals surface area contributed by atoms with Crippen molar-refractivity contribution in [1.29, 1.82) is 0 Å². The molecule has 5 heteroatoms. The molecule has 112 valence electrons. The lowest BCUT2D eigenvalue weighted by atomic mass is 10.00. The number of hydrogen-bond acceptors (Lipinski definition) is 3. The van der Waals surface area contributed by atoms with Crippen LogP contribution in [-0.2, 0) is 4.79 Å². The second kappa shape index (κ2) is 7.04. The number of amides is 1. The van der Waals surface area contributed by atoms with Crippen LogP contribution < -0.4 is 15.9 Å². The van der Waals surface area contributed by atoms with Gasteiger partial charge in [0, 0.05) is 17.1 Å². The first-order valence-corrected chi connectivity index (χ1v) is 7.20. The second-order valence-electron chi connectivity index (χ2n) is 5.27. The number of hydrazone groups is 1. The standard InChI is InChI=1S/C16H21N3O2/c1-3-11(2)15(17)16(20)19-18-9-12-8-13-6-4-5-7-14(13)21-10-12/h4-9,11,15H,3,10,17H2,1-2H3,(H,19,20)/p+1/b18-9-/t11-,15-/m1/s1. The van der Waals surface area contributed by atoms with Gasteiger partial charge in [0.2, 0.25) is 0 Å². The molecule has 0 spiro atoms. The molecule has 2 rings (SSSR count). The van der Waals surface area contributed by atoms with E-state index in [9.17, 15) is 4.79 Å². The highest BCUT2D eigenvalue weighted by Crippen LogP contribution is 2.24. The quantitative estimate of drug-likeness (QED) is 0.631. The van der Waals surface area contributed by atoms with Crippen LogP contribution in [0.25, 0.3) is 6.08 Å². The zero-order valence-electron chi connectivity index (χ0n) is 12.5. The van der Waals surface area contributed by atoms with Gasteiger partial charge in [-0.3, -0.25) is 4.79 Å². The number of hydrogen-bond donors (Lipinski definition) is 2. The van der Waals surface area contributed by atoms with Crippen molar-refractivity contribution in [2.45, 2.75) is 26.3 Å². The van der Waals surface area contributed by atoms with E-state index >= 15 is 0 Å². The number of ether oxygens (including phenoxy) is 1. The number of nitrogens with zero attached hydrogens (tertiary/aromatic N) is 1. The summed E-state index contributed by atoms with van der Waals surface area (Å²) in [6.07, 6.45) is 4.54. The van der Waals surface area contributed by atoms with Crippen LogP contribution in [0.4, 0.5) is 0 Å². The molecule has 5 nitrogen and oxygen atoms in total. The van der Waals surface area contributed by atoms with Gasteiger partial charge in [-0.1, -0.05) is 32.0 Å². The summed E-state index contributed by atoms with van der Waals surface area (Å²) < 4.78 is 5.61. The zero-order chi connectivity index (χ0) is 15.2. The molecule has 0 unspecified atom stereocenters. The smallest absolute Gasteiger partial charge is 0.298 e. The lowest BCUT2D eigenvalue weighted by molar-refractivity contribution is -0.415. The minimum absolute atomic E-state index is 0.154. The third-order valence-electron chi connectivity index (χ3n) is 3.73. The maximum Gasteiger partial charge on any atom is 0.298 e. The van der Waals surface area contributed by atoms with Gasteiger partial charge in [0.05, 0.1) is 6.21 Å². The molecule has 1 aromatic rings. The average molecular weight is 288 g/mol. The van der Waals surface area contributed by atoms with E-state index in [2.05, 4.69) is 16.3 Å². The van der Waals surface area contributed by atoms with E-state index in [4.69, 9.17) is 4.74 Å². The Balaban J connectivity index is 1.94. The predicted octanol–water partition coefficient (Wildman–Crippen LogP) is 1.22. The Bertz CT molecular complexity index is 566. The highest BCUT2D eigenvalue weighted by atomic mass is 16.5. The molecule has 21 heavy (non-hydrogen) atoms. The number of carbonyl (C=O) groups is 1. The van der Waals surface area contributed by atoms with Gasteiger partial charge in [-0.05, 0) is 18.6 Å². The summed E-state index contributed by atoms with van der Waals surface area (Å²) in [7, 11) is 0. The predicted molar refractivity (Wildman–Crippen MR) is 82.7 cm³/mol. The third kappa shape index (κ3) is 3.92. The van der Waals surface area contributed by atoms with E-state index in [1.54, 1.807) is 6.21 Å². The summed E-state index contributed by atoms with van der Waals surface area (Å²) in [4.78, 5) is 11.8. The first-order valence-electron chi connectivity index (χ1n) is 7.20. The molecular weight excluding hydrogens is 266 g/mol. The Kier molecular flexibility index (Phi) is 5.11. The molecule has 0 bridgehead atoms. The van der Waals surface area contributed by atoms with E-state index < -0.39 is 0 Å². The van der Waals surface area contributed by atoms with Crippen LogP contribution >= 0.6 is 0 Å². The van der Waals surface area contributed by atoms with Gasteiger partial charge in [-0.25, -0.2) is 5.43 Å². The molecule has 0 saturated carbocycles. The van der Waals surface area contributed by atoms with E-state index in [0.29, 0.717) is 6.61 Å². The Morgan fingerprint density at radius 1 is 1.52 bits per heavy atom. The summed E-state index contributed by atoms with van der Waals surface area (Å²) in [5, 5.41) is 3.99. The van der Waals surface area contributed by atoms with Gasteiger partial charge in [-0.2, -0.15) is 5.10 Å². The van der Waals surface area contributed by atoms with Crippen LogP contribution in [0.3, 0.4) is 0 Å². The molecule has 0 aromatic heterocycles. The summed E-state index contributed by atoms with van der Waals surface area (Å²) in [5.41, 5.74) is 8.35. The van der Waals surface area contributed by atoms with Crippen molar-refractivity contribution in [3.8, 4) is 5.75 Å². The van der Waals surface area contributed by atoms with Crippen LogP contribution in [0.5, 0.6) is 5.75 Å². The summed E-state index contributed by atoms with van der Waals surface area (Å²) in [6.45, 7) is 4.51. The number of carbonyl (C=O) groups excluding carboxylic acids is 1. The number of para-hydroxylation sites is 1. The van der Waals surface area contributed by atoms with Gasteiger partial charge in [0.25, 0.3) is 5.91 Å². The molecule has 1 aromatic carbocycles. The zero-order valence-corrected chi connectivity index (χ0v) is 12.5. The average Bonchev–Trinajstić information content (AvgIpc) is 2.53. The van der Waals surface area contributed by atoms with Crippen molar-refractivity contribution >= 4 is 18.2 Å². The number of rotatable bonds is 5. The molecule has 1 amide bonds. The van der Waals surface area contributed by atoms with Crippen LogP contribution in [-0.4, -0.2) is 24.8 Å². The molecule has 1 aliphatic rings. The largest absolute Gasteiger partial charge is 0.488 e. The highest BCUT2D eigenvalue weighted by Gasteiger charge is 2.22. The first-order chi connectivity index (χ1) is 10.1. The highest BCUT2D eigenvalue weighted by molar-refractivity contribution is 5.89. The van der Waals surface area contributed by atoms with Crippen LogP contribution in [0.15, 0.2) is 34.9 Å². The van der Waals surface area contributed by atoms with Crippen molar-refractivity contribution in [3.63, 3.8) is 0 Å².